The number of hydrogen-bond acceptors (Lipinski definition) is 3. The first-order valence-electron chi connectivity index (χ1n) is 6.80. The van der Waals surface area contributed by atoms with E-state index in [0.717, 1.165) is 6.42 Å². The standard InChI is InChI=1S/C15H15N3O3/c19-11-8-10(7-6-9-4-2-1-3-5-9)12-13(15(20)21)17-18-14(12)16-11/h1-5,10H,6-8H2,(H,20,21)(H2,16,17,18,19)/t10-/m0/s1. The van der Waals surface area contributed by atoms with Gasteiger partial charge < -0.3 is 10.4 Å². The molecule has 0 bridgehead atoms. The fourth-order valence-corrected chi connectivity index (χ4v) is 2.75. The van der Waals surface area contributed by atoms with E-state index in [4.69, 9.17) is 0 Å². The number of anilines is 1. The van der Waals surface area contributed by atoms with Crippen molar-refractivity contribution in [1.29, 1.82) is 0 Å². The molecule has 3 rings (SSSR count). The van der Waals surface area contributed by atoms with Gasteiger partial charge in [0.05, 0.1) is 0 Å². The average Bonchev–Trinajstić information content (AvgIpc) is 2.89. The van der Waals surface area contributed by atoms with Crippen molar-refractivity contribution in [3.8, 4) is 0 Å². The Labute approximate surface area is 121 Å². The molecule has 1 aliphatic rings. The number of aromatic amines is 1. The number of aryl methyl sites for hydroxylation is 1. The molecule has 1 atom stereocenters. The Morgan fingerprint density at radius 3 is 2.81 bits per heavy atom. The van der Waals surface area contributed by atoms with Gasteiger partial charge >= 0.3 is 5.97 Å². The van der Waals surface area contributed by atoms with Gasteiger partial charge in [0.15, 0.2) is 5.82 Å². The summed E-state index contributed by atoms with van der Waals surface area (Å²) in [5, 5.41) is 18.2. The van der Waals surface area contributed by atoms with Crippen molar-refractivity contribution in [1.82, 2.24) is 10.2 Å². The third-order valence-electron chi connectivity index (χ3n) is 3.74. The number of amides is 1. The van der Waals surface area contributed by atoms with E-state index in [2.05, 4.69) is 15.5 Å². The fraction of sp³-hybridized carbons (Fsp3) is 0.267. The van der Waals surface area contributed by atoms with Crippen LogP contribution < -0.4 is 5.32 Å². The van der Waals surface area contributed by atoms with Crippen LogP contribution in [-0.4, -0.2) is 27.2 Å². The Morgan fingerprint density at radius 2 is 2.10 bits per heavy atom. The molecule has 0 fully saturated rings. The van der Waals surface area contributed by atoms with Gasteiger partial charge in [0.1, 0.15) is 5.69 Å². The van der Waals surface area contributed by atoms with E-state index in [0.29, 0.717) is 24.2 Å². The third-order valence-corrected chi connectivity index (χ3v) is 3.74. The van der Waals surface area contributed by atoms with Gasteiger partial charge in [-0.15, -0.1) is 0 Å². The van der Waals surface area contributed by atoms with E-state index >= 15 is 0 Å². The number of nitrogens with zero attached hydrogens (tertiary/aromatic N) is 1. The summed E-state index contributed by atoms with van der Waals surface area (Å²) in [5.74, 6) is -0.950. The Morgan fingerprint density at radius 1 is 1.33 bits per heavy atom. The maximum atomic E-state index is 11.7. The monoisotopic (exact) mass is 285 g/mol. The van der Waals surface area contributed by atoms with Crippen LogP contribution in [0.25, 0.3) is 0 Å². The Kier molecular flexibility index (Phi) is 3.43. The van der Waals surface area contributed by atoms with Crippen LogP contribution in [0.3, 0.4) is 0 Å². The second-order valence-electron chi connectivity index (χ2n) is 5.14. The highest BCUT2D eigenvalue weighted by Crippen LogP contribution is 2.36. The molecular weight excluding hydrogens is 270 g/mol. The van der Waals surface area contributed by atoms with Crippen molar-refractivity contribution < 1.29 is 14.7 Å². The van der Waals surface area contributed by atoms with Crippen LogP contribution in [0.1, 0.15) is 40.4 Å². The van der Waals surface area contributed by atoms with Crippen molar-refractivity contribution in [2.24, 2.45) is 0 Å². The number of aromatic nitrogens is 2. The van der Waals surface area contributed by atoms with Crippen molar-refractivity contribution in [3.63, 3.8) is 0 Å². The topological polar surface area (TPSA) is 95.1 Å². The zero-order valence-corrected chi connectivity index (χ0v) is 11.3. The number of nitrogens with one attached hydrogen (secondary N) is 2. The molecule has 6 nitrogen and oxygen atoms in total. The lowest BCUT2D eigenvalue weighted by Gasteiger charge is -2.22. The minimum atomic E-state index is -1.05. The zero-order chi connectivity index (χ0) is 14.8. The van der Waals surface area contributed by atoms with Crippen molar-refractivity contribution >= 4 is 17.7 Å². The normalized spacial score (nSPS) is 17.1. The predicted molar refractivity (Wildman–Crippen MR) is 76.3 cm³/mol. The highest BCUT2D eigenvalue weighted by molar-refractivity contribution is 5.97. The summed E-state index contributed by atoms with van der Waals surface area (Å²) in [6, 6.07) is 9.94. The molecule has 0 unspecified atom stereocenters. The first kappa shape index (κ1) is 13.4. The SMILES string of the molecule is O=C1C[C@H](CCc2ccccc2)c2c(n[nH]c2C(=O)O)N1. The van der Waals surface area contributed by atoms with E-state index in [1.165, 1.54) is 5.56 Å². The second-order valence-corrected chi connectivity index (χ2v) is 5.14. The molecule has 1 amide bonds. The Balaban J connectivity index is 1.84. The van der Waals surface area contributed by atoms with E-state index in [9.17, 15) is 14.7 Å². The number of rotatable bonds is 4. The van der Waals surface area contributed by atoms with E-state index < -0.39 is 5.97 Å². The minimum Gasteiger partial charge on any atom is -0.477 e. The van der Waals surface area contributed by atoms with E-state index in [1.54, 1.807) is 0 Å². The molecule has 2 heterocycles. The summed E-state index contributed by atoms with van der Waals surface area (Å²) in [5.41, 5.74) is 1.85. The smallest absolute Gasteiger partial charge is 0.354 e. The van der Waals surface area contributed by atoms with Gasteiger partial charge in [-0.2, -0.15) is 5.10 Å². The highest BCUT2D eigenvalue weighted by Gasteiger charge is 2.32. The van der Waals surface area contributed by atoms with Crippen molar-refractivity contribution in [2.45, 2.75) is 25.2 Å². The lowest BCUT2D eigenvalue weighted by molar-refractivity contribution is -0.116. The maximum Gasteiger partial charge on any atom is 0.354 e. The first-order valence-corrected chi connectivity index (χ1v) is 6.80. The van der Waals surface area contributed by atoms with Crippen molar-refractivity contribution in [3.05, 3.63) is 47.2 Å². The number of aromatic carboxylic acids is 1. The molecule has 0 saturated heterocycles. The molecule has 21 heavy (non-hydrogen) atoms. The molecular formula is C15H15N3O3. The maximum absolute atomic E-state index is 11.7. The fourth-order valence-electron chi connectivity index (χ4n) is 2.75. The molecule has 108 valence electrons. The molecule has 0 spiro atoms. The van der Waals surface area contributed by atoms with E-state index in [1.807, 2.05) is 30.3 Å². The van der Waals surface area contributed by atoms with Crippen molar-refractivity contribution in [2.75, 3.05) is 5.32 Å². The summed E-state index contributed by atoms with van der Waals surface area (Å²) >= 11 is 0. The minimum absolute atomic E-state index is 0.0723. The van der Waals surface area contributed by atoms with Crippen LogP contribution in [0, 0.1) is 0 Å². The number of carbonyl (C=O) groups is 2. The number of hydrogen-bond donors (Lipinski definition) is 3. The summed E-state index contributed by atoms with van der Waals surface area (Å²) in [4.78, 5) is 23.0. The molecule has 0 saturated carbocycles. The van der Waals surface area contributed by atoms with Gasteiger partial charge in [-0.1, -0.05) is 30.3 Å². The van der Waals surface area contributed by atoms with Gasteiger partial charge in [-0.05, 0) is 24.3 Å². The van der Waals surface area contributed by atoms with Gasteiger partial charge in [-0.3, -0.25) is 9.89 Å². The average molecular weight is 285 g/mol. The quantitative estimate of drug-likeness (QED) is 0.802. The molecule has 2 aromatic rings. The zero-order valence-electron chi connectivity index (χ0n) is 11.3. The lowest BCUT2D eigenvalue weighted by atomic mass is 9.87. The molecule has 1 aromatic carbocycles. The third kappa shape index (κ3) is 2.65. The molecule has 1 aromatic heterocycles. The predicted octanol–water partition coefficient (Wildman–Crippen LogP) is 2.17. The molecule has 0 radical (unpaired) electrons. The van der Waals surface area contributed by atoms with Crippen LogP contribution >= 0.6 is 0 Å². The van der Waals surface area contributed by atoms with Gasteiger partial charge in [0.2, 0.25) is 5.91 Å². The molecule has 6 heteroatoms. The molecule has 0 aliphatic carbocycles. The lowest BCUT2D eigenvalue weighted by Crippen LogP contribution is -2.24. The Hall–Kier alpha value is -2.63. The summed E-state index contributed by atoms with van der Waals surface area (Å²) in [6.07, 6.45) is 1.80. The van der Waals surface area contributed by atoms with E-state index in [-0.39, 0.29) is 17.5 Å². The van der Waals surface area contributed by atoms with Gasteiger partial charge in [-0.25, -0.2) is 4.79 Å². The number of fused-ring (bicyclic) bond motifs is 1. The highest BCUT2D eigenvalue weighted by atomic mass is 16.4. The summed E-state index contributed by atoms with van der Waals surface area (Å²) in [7, 11) is 0. The summed E-state index contributed by atoms with van der Waals surface area (Å²) in [6.45, 7) is 0. The second kappa shape index (κ2) is 5.40. The number of carbonyl (C=O) groups excluding carboxylic acids is 1. The van der Waals surface area contributed by atoms with Crippen LogP contribution in [-0.2, 0) is 11.2 Å². The van der Waals surface area contributed by atoms with Gasteiger partial charge in [0, 0.05) is 12.0 Å². The number of carboxylic acid groups (broad SMARTS) is 1. The number of H-pyrrole nitrogens is 1. The largest absolute Gasteiger partial charge is 0.477 e. The number of carboxylic acids is 1. The van der Waals surface area contributed by atoms with Crippen LogP contribution in [0.15, 0.2) is 30.3 Å². The molecule has 1 aliphatic heterocycles. The molecule has 3 N–H and O–H groups in total. The number of benzene rings is 1. The first-order chi connectivity index (χ1) is 10.1. The van der Waals surface area contributed by atoms with Gasteiger partial charge in [0.25, 0.3) is 0 Å². The van der Waals surface area contributed by atoms with Crippen LogP contribution in [0.2, 0.25) is 0 Å². The van der Waals surface area contributed by atoms with Crippen LogP contribution in [0.5, 0.6) is 0 Å². The summed E-state index contributed by atoms with van der Waals surface area (Å²) < 4.78 is 0. The Bertz CT molecular complexity index is 679. The van der Waals surface area contributed by atoms with Crippen LogP contribution in [0.4, 0.5) is 5.82 Å².